The summed E-state index contributed by atoms with van der Waals surface area (Å²) in [5, 5.41) is 7.94. The number of carbonyl (C=O) groups excluding carboxylic acids is 1. The standard InChI is InChI=1S/C20H27N5O3.HI/c1-14-12-24(13-18(14)19(26)28-4)20(21-2)22-11-15-9-10-25(23-15)16-5-7-17(27-3)8-6-16;/h5-10,14,18H,11-13H2,1-4H3,(H,21,22);1H. The molecule has 0 spiro atoms. The van der Waals surface area contributed by atoms with Crippen molar-refractivity contribution in [2.75, 3.05) is 34.4 Å². The molecule has 2 aromatic rings. The number of nitrogens with zero attached hydrogens (tertiary/aromatic N) is 4. The Morgan fingerprint density at radius 1 is 1.24 bits per heavy atom. The number of likely N-dealkylation sites (tertiary alicyclic amines) is 1. The van der Waals surface area contributed by atoms with Crippen LogP contribution in [0, 0.1) is 11.8 Å². The van der Waals surface area contributed by atoms with Crippen LogP contribution >= 0.6 is 24.0 Å². The van der Waals surface area contributed by atoms with Gasteiger partial charge in [-0.15, -0.1) is 24.0 Å². The Bertz CT molecular complexity index is 837. The van der Waals surface area contributed by atoms with Gasteiger partial charge in [-0.3, -0.25) is 9.79 Å². The van der Waals surface area contributed by atoms with Gasteiger partial charge in [-0.25, -0.2) is 4.68 Å². The van der Waals surface area contributed by atoms with Gasteiger partial charge in [0.05, 0.1) is 38.1 Å². The Hall–Kier alpha value is -2.30. The number of carbonyl (C=O) groups is 1. The van der Waals surface area contributed by atoms with Gasteiger partial charge in [-0.1, -0.05) is 6.92 Å². The second kappa shape index (κ2) is 10.5. The van der Waals surface area contributed by atoms with E-state index in [0.29, 0.717) is 13.1 Å². The van der Waals surface area contributed by atoms with Crippen molar-refractivity contribution in [3.8, 4) is 11.4 Å². The van der Waals surface area contributed by atoms with Crippen molar-refractivity contribution in [3.05, 3.63) is 42.2 Å². The number of hydrogen-bond acceptors (Lipinski definition) is 5. The number of ether oxygens (including phenoxy) is 2. The molecule has 2 atom stereocenters. The topological polar surface area (TPSA) is 81.0 Å². The molecule has 158 valence electrons. The first-order valence-corrected chi connectivity index (χ1v) is 9.28. The molecule has 1 aromatic heterocycles. The van der Waals surface area contributed by atoms with Gasteiger partial charge in [0.25, 0.3) is 0 Å². The fourth-order valence-corrected chi connectivity index (χ4v) is 3.43. The van der Waals surface area contributed by atoms with Crippen molar-refractivity contribution in [1.29, 1.82) is 0 Å². The summed E-state index contributed by atoms with van der Waals surface area (Å²) < 4.78 is 11.9. The highest BCUT2D eigenvalue weighted by atomic mass is 127. The fraction of sp³-hybridized carbons (Fsp3) is 0.450. The second-order valence-electron chi connectivity index (χ2n) is 6.86. The summed E-state index contributed by atoms with van der Waals surface area (Å²) in [5.74, 6) is 1.51. The van der Waals surface area contributed by atoms with E-state index in [1.54, 1.807) is 14.2 Å². The van der Waals surface area contributed by atoms with Crippen LogP contribution in [0.25, 0.3) is 5.69 Å². The van der Waals surface area contributed by atoms with Crippen LogP contribution in [0.4, 0.5) is 0 Å². The van der Waals surface area contributed by atoms with Gasteiger partial charge in [0.1, 0.15) is 5.75 Å². The molecule has 8 nitrogen and oxygen atoms in total. The van der Waals surface area contributed by atoms with E-state index in [1.165, 1.54) is 7.11 Å². The average Bonchev–Trinajstić information content (AvgIpc) is 3.35. The van der Waals surface area contributed by atoms with Crippen LogP contribution in [0.5, 0.6) is 5.75 Å². The average molecular weight is 513 g/mol. The summed E-state index contributed by atoms with van der Waals surface area (Å²) in [5.41, 5.74) is 1.86. The van der Waals surface area contributed by atoms with Gasteiger partial charge in [-0.05, 0) is 36.2 Å². The number of aromatic nitrogens is 2. The third kappa shape index (κ3) is 5.40. The van der Waals surface area contributed by atoms with E-state index in [1.807, 2.05) is 41.2 Å². The SMILES string of the molecule is CN=C(NCc1ccn(-c2ccc(OC)cc2)n1)N1CC(C)C(C(=O)OC)C1.I. The number of hydrogen-bond donors (Lipinski definition) is 1. The van der Waals surface area contributed by atoms with Gasteiger partial charge in [-0.2, -0.15) is 5.10 Å². The molecule has 0 bridgehead atoms. The van der Waals surface area contributed by atoms with E-state index < -0.39 is 0 Å². The highest BCUT2D eigenvalue weighted by molar-refractivity contribution is 14.0. The maximum absolute atomic E-state index is 11.9. The molecule has 1 fully saturated rings. The zero-order chi connectivity index (χ0) is 20.1. The molecule has 1 saturated heterocycles. The van der Waals surface area contributed by atoms with Crippen LogP contribution in [0.1, 0.15) is 12.6 Å². The molecule has 0 saturated carbocycles. The van der Waals surface area contributed by atoms with Crippen LogP contribution in [-0.4, -0.2) is 61.0 Å². The Kier molecular flexibility index (Phi) is 8.30. The number of halogens is 1. The highest BCUT2D eigenvalue weighted by Gasteiger charge is 2.36. The summed E-state index contributed by atoms with van der Waals surface area (Å²) in [6.45, 7) is 3.97. The van der Waals surface area contributed by atoms with Crippen LogP contribution in [0.3, 0.4) is 0 Å². The molecule has 1 aromatic carbocycles. The smallest absolute Gasteiger partial charge is 0.310 e. The van der Waals surface area contributed by atoms with Crippen molar-refractivity contribution in [1.82, 2.24) is 20.0 Å². The molecule has 0 aliphatic carbocycles. The normalized spacial score (nSPS) is 18.9. The molecule has 9 heteroatoms. The number of benzene rings is 1. The van der Waals surface area contributed by atoms with Gasteiger partial charge in [0, 0.05) is 26.3 Å². The van der Waals surface area contributed by atoms with Crippen molar-refractivity contribution in [2.24, 2.45) is 16.8 Å². The monoisotopic (exact) mass is 513 g/mol. The molecule has 0 amide bonds. The quantitative estimate of drug-likeness (QED) is 0.286. The van der Waals surface area contributed by atoms with Gasteiger partial charge < -0.3 is 19.7 Å². The number of nitrogens with one attached hydrogen (secondary N) is 1. The van der Waals surface area contributed by atoms with E-state index in [2.05, 4.69) is 27.2 Å². The van der Waals surface area contributed by atoms with Crippen LogP contribution in [0.2, 0.25) is 0 Å². The van der Waals surface area contributed by atoms with E-state index in [-0.39, 0.29) is 41.8 Å². The van der Waals surface area contributed by atoms with Crippen molar-refractivity contribution in [2.45, 2.75) is 13.5 Å². The first-order chi connectivity index (χ1) is 13.5. The minimum atomic E-state index is -0.163. The van der Waals surface area contributed by atoms with Gasteiger partial charge in [0.2, 0.25) is 0 Å². The highest BCUT2D eigenvalue weighted by Crippen LogP contribution is 2.24. The van der Waals surface area contributed by atoms with Gasteiger partial charge >= 0.3 is 5.97 Å². The minimum Gasteiger partial charge on any atom is -0.497 e. The third-order valence-corrected chi connectivity index (χ3v) is 5.04. The molecular formula is C20H28IN5O3. The number of esters is 1. The number of guanidine groups is 1. The van der Waals surface area contributed by atoms with Gasteiger partial charge in [0.15, 0.2) is 5.96 Å². The zero-order valence-electron chi connectivity index (χ0n) is 17.2. The largest absolute Gasteiger partial charge is 0.497 e. The maximum Gasteiger partial charge on any atom is 0.310 e. The number of rotatable bonds is 5. The predicted octanol–water partition coefficient (Wildman–Crippen LogP) is 2.32. The molecule has 3 rings (SSSR count). The molecule has 2 heterocycles. The summed E-state index contributed by atoms with van der Waals surface area (Å²) in [6, 6.07) is 9.70. The van der Waals surface area contributed by atoms with Crippen molar-refractivity contribution >= 4 is 35.9 Å². The lowest BCUT2D eigenvalue weighted by Crippen LogP contribution is -2.40. The summed E-state index contributed by atoms with van der Waals surface area (Å²) in [4.78, 5) is 18.4. The lowest BCUT2D eigenvalue weighted by molar-refractivity contribution is -0.145. The second-order valence-corrected chi connectivity index (χ2v) is 6.86. The van der Waals surface area contributed by atoms with Crippen molar-refractivity contribution in [3.63, 3.8) is 0 Å². The lowest BCUT2D eigenvalue weighted by atomic mass is 9.99. The van der Waals surface area contributed by atoms with E-state index >= 15 is 0 Å². The fourth-order valence-electron chi connectivity index (χ4n) is 3.43. The molecule has 29 heavy (non-hydrogen) atoms. The maximum atomic E-state index is 11.9. The van der Waals surface area contributed by atoms with Crippen LogP contribution in [0.15, 0.2) is 41.5 Å². The first kappa shape index (κ1) is 23.0. The third-order valence-electron chi connectivity index (χ3n) is 5.04. The Morgan fingerprint density at radius 2 is 1.97 bits per heavy atom. The first-order valence-electron chi connectivity index (χ1n) is 9.28. The van der Waals surface area contributed by atoms with Crippen LogP contribution in [-0.2, 0) is 16.1 Å². The number of methoxy groups -OCH3 is 2. The Morgan fingerprint density at radius 3 is 2.59 bits per heavy atom. The van der Waals surface area contributed by atoms with Crippen LogP contribution < -0.4 is 10.1 Å². The molecule has 0 radical (unpaired) electrons. The van der Waals surface area contributed by atoms with E-state index in [4.69, 9.17) is 9.47 Å². The Balaban J connectivity index is 0.00000300. The summed E-state index contributed by atoms with van der Waals surface area (Å²) >= 11 is 0. The number of aliphatic imine (C=N–C) groups is 1. The summed E-state index contributed by atoms with van der Waals surface area (Å²) in [7, 11) is 4.83. The van der Waals surface area contributed by atoms with Crippen molar-refractivity contribution < 1.29 is 14.3 Å². The molecule has 1 aliphatic heterocycles. The van der Waals surface area contributed by atoms with E-state index in [9.17, 15) is 4.79 Å². The molecule has 1 N–H and O–H groups in total. The molecule has 2 unspecified atom stereocenters. The Labute approximate surface area is 188 Å². The zero-order valence-corrected chi connectivity index (χ0v) is 19.5. The predicted molar refractivity (Wildman–Crippen MR) is 122 cm³/mol. The molecular weight excluding hydrogens is 485 g/mol. The summed E-state index contributed by atoms with van der Waals surface area (Å²) in [6.07, 6.45) is 1.92. The van der Waals surface area contributed by atoms with E-state index in [0.717, 1.165) is 29.6 Å². The molecule has 1 aliphatic rings. The minimum absolute atomic E-state index is 0. The lowest BCUT2D eigenvalue weighted by Gasteiger charge is -2.21.